The number of halogens is 2. The van der Waals surface area contributed by atoms with Gasteiger partial charge in [-0.3, -0.25) is 4.98 Å². The first kappa shape index (κ1) is 16.4. The largest absolute Gasteiger partial charge is 0.556 e. The molecule has 2 rings (SSSR count). The third-order valence-corrected chi connectivity index (χ3v) is 2.44. The van der Waals surface area contributed by atoms with E-state index in [0.29, 0.717) is 5.69 Å². The predicted molar refractivity (Wildman–Crippen MR) is 67.9 cm³/mol. The van der Waals surface area contributed by atoms with Crippen LogP contribution in [0.2, 0.25) is 0 Å². The monoisotopic (exact) mass is 356 g/mol. The maximum Gasteiger partial charge on any atom is 0.285 e. The Hall–Kier alpha value is -0.636. The summed E-state index contributed by atoms with van der Waals surface area (Å²) >= 11 is 0. The number of benzene rings is 1. The fourth-order valence-corrected chi connectivity index (χ4v) is 1.40. The standard InChI is InChI=1S/C12H10F2N2OP.Y/c13-12(14,18)9-6-11(8-15-7-9)17-16-10-4-2-1-3-5-10;/h1-8H,18H2;/q-1;. The Balaban J connectivity index is 0.00000180. The van der Waals surface area contributed by atoms with Gasteiger partial charge in [0.15, 0.2) is 0 Å². The molecule has 0 amide bonds. The van der Waals surface area contributed by atoms with Crippen LogP contribution in [-0.2, 0) is 38.4 Å². The zero-order valence-electron chi connectivity index (χ0n) is 9.83. The fraction of sp³-hybridized carbons (Fsp3) is 0.0833. The quantitative estimate of drug-likeness (QED) is 0.613. The molecule has 0 N–H and O–H groups in total. The van der Waals surface area contributed by atoms with Crippen LogP contribution in [0.1, 0.15) is 5.56 Å². The van der Waals surface area contributed by atoms with Gasteiger partial charge >= 0.3 is 0 Å². The Morgan fingerprint density at radius 3 is 2.47 bits per heavy atom. The first-order valence-corrected chi connectivity index (χ1v) is 5.69. The van der Waals surface area contributed by atoms with Gasteiger partial charge in [-0.25, -0.2) is 0 Å². The van der Waals surface area contributed by atoms with Crippen LogP contribution in [-0.4, -0.2) is 4.98 Å². The Morgan fingerprint density at radius 1 is 1.16 bits per heavy atom. The fourth-order valence-electron chi connectivity index (χ4n) is 1.25. The number of aromatic nitrogens is 1. The molecule has 0 aliphatic carbocycles. The summed E-state index contributed by atoms with van der Waals surface area (Å²) in [7, 11) is 1.45. The van der Waals surface area contributed by atoms with Crippen LogP contribution in [0, 0.1) is 0 Å². The van der Waals surface area contributed by atoms with Gasteiger partial charge in [-0.2, -0.15) is 8.78 Å². The minimum Gasteiger partial charge on any atom is -0.556 e. The van der Waals surface area contributed by atoms with Crippen LogP contribution in [0.5, 0.6) is 5.75 Å². The van der Waals surface area contributed by atoms with E-state index in [1.165, 1.54) is 21.5 Å². The second-order valence-electron chi connectivity index (χ2n) is 3.55. The molecular formula is C12H10F2N2OPY-. The van der Waals surface area contributed by atoms with Gasteiger partial charge in [-0.05, 0) is 6.07 Å². The first-order chi connectivity index (χ1) is 8.55. The molecule has 0 aliphatic heterocycles. The van der Waals surface area contributed by atoms with E-state index in [1.54, 1.807) is 24.3 Å². The van der Waals surface area contributed by atoms with E-state index in [1.807, 2.05) is 6.07 Å². The van der Waals surface area contributed by atoms with Gasteiger partial charge in [0.25, 0.3) is 5.66 Å². The van der Waals surface area contributed by atoms with Crippen molar-refractivity contribution in [3.8, 4) is 5.75 Å². The SMILES string of the molecule is FC(F)(P)c1cncc(O[N-]c2ccccc2)c1.[Y]. The Morgan fingerprint density at radius 2 is 1.84 bits per heavy atom. The average Bonchev–Trinajstić information content (AvgIpc) is 2.37. The van der Waals surface area contributed by atoms with Crippen LogP contribution in [0.15, 0.2) is 48.8 Å². The molecule has 1 aromatic carbocycles. The summed E-state index contributed by atoms with van der Waals surface area (Å²) in [6.45, 7) is 0. The Kier molecular flexibility index (Phi) is 6.25. The van der Waals surface area contributed by atoms with Crippen molar-refractivity contribution in [3.63, 3.8) is 0 Å². The van der Waals surface area contributed by atoms with E-state index in [-0.39, 0.29) is 44.0 Å². The summed E-state index contributed by atoms with van der Waals surface area (Å²) in [6.07, 6.45) is 2.41. The van der Waals surface area contributed by atoms with E-state index in [9.17, 15) is 8.78 Å². The van der Waals surface area contributed by atoms with Crippen LogP contribution in [0.4, 0.5) is 14.5 Å². The molecule has 7 heteroatoms. The van der Waals surface area contributed by atoms with Crippen LogP contribution in [0.3, 0.4) is 0 Å². The van der Waals surface area contributed by atoms with Crippen molar-refractivity contribution in [1.29, 1.82) is 0 Å². The molecule has 0 aliphatic rings. The molecule has 0 saturated carbocycles. The van der Waals surface area contributed by atoms with Crippen molar-refractivity contribution in [2.24, 2.45) is 0 Å². The molecule has 0 fully saturated rings. The number of hydrogen-bond acceptors (Lipinski definition) is 2. The molecular weight excluding hydrogens is 346 g/mol. The molecule has 0 saturated heterocycles. The average molecular weight is 356 g/mol. The topological polar surface area (TPSA) is 36.2 Å². The van der Waals surface area contributed by atoms with Gasteiger partial charge in [0.2, 0.25) is 0 Å². The van der Waals surface area contributed by atoms with Crippen LogP contribution >= 0.6 is 9.24 Å². The zero-order chi connectivity index (χ0) is 13.0. The molecule has 1 atom stereocenters. The van der Waals surface area contributed by atoms with Crippen molar-refractivity contribution < 1.29 is 46.3 Å². The smallest absolute Gasteiger partial charge is 0.285 e. The molecule has 0 spiro atoms. The molecule has 3 nitrogen and oxygen atoms in total. The second kappa shape index (κ2) is 7.23. The minimum atomic E-state index is -3.03. The normalized spacial score (nSPS) is 10.5. The van der Waals surface area contributed by atoms with Gasteiger partial charge in [-0.1, -0.05) is 39.6 Å². The number of rotatable bonds is 4. The van der Waals surface area contributed by atoms with E-state index in [2.05, 4.69) is 10.5 Å². The van der Waals surface area contributed by atoms with Crippen LogP contribution < -0.4 is 4.84 Å². The van der Waals surface area contributed by atoms with Crippen molar-refractivity contribution in [3.05, 3.63) is 59.8 Å². The third-order valence-electron chi connectivity index (χ3n) is 2.11. The maximum absolute atomic E-state index is 13.0. The molecule has 1 heterocycles. The summed E-state index contributed by atoms with van der Waals surface area (Å²) in [4.78, 5) is 8.73. The zero-order valence-corrected chi connectivity index (χ0v) is 13.8. The number of hydrogen-bond donors (Lipinski definition) is 0. The molecule has 1 unspecified atom stereocenters. The maximum atomic E-state index is 13.0. The molecule has 0 bridgehead atoms. The Bertz CT molecular complexity index is 523. The van der Waals surface area contributed by atoms with E-state index >= 15 is 0 Å². The summed E-state index contributed by atoms with van der Waals surface area (Å²) in [5.41, 5.74) is 1.13. The molecule has 19 heavy (non-hydrogen) atoms. The first-order valence-electron chi connectivity index (χ1n) is 5.11. The van der Waals surface area contributed by atoms with Crippen LogP contribution in [0.25, 0.3) is 5.48 Å². The summed E-state index contributed by atoms with van der Waals surface area (Å²) in [5.74, 6) is 0.165. The van der Waals surface area contributed by atoms with Crippen molar-refractivity contribution >= 4 is 14.9 Å². The van der Waals surface area contributed by atoms with E-state index in [0.717, 1.165) is 6.20 Å². The minimum absolute atomic E-state index is 0. The van der Waals surface area contributed by atoms with Gasteiger partial charge in [-0.15, -0.1) is 5.69 Å². The van der Waals surface area contributed by atoms with Gasteiger partial charge < -0.3 is 10.3 Å². The summed E-state index contributed by atoms with van der Waals surface area (Å²) in [6, 6.07) is 10.1. The van der Waals surface area contributed by atoms with E-state index in [4.69, 9.17) is 4.84 Å². The molecule has 1 radical (unpaired) electrons. The number of alkyl halides is 2. The van der Waals surface area contributed by atoms with Crippen molar-refractivity contribution in [2.75, 3.05) is 0 Å². The third kappa shape index (κ3) is 5.09. The number of pyridine rings is 1. The molecule has 1 aromatic heterocycles. The summed E-state index contributed by atoms with van der Waals surface area (Å²) < 4.78 is 26.1. The number of nitrogens with zero attached hydrogens (tertiary/aromatic N) is 2. The summed E-state index contributed by atoms with van der Waals surface area (Å²) in [5, 5.41) is 0. The second-order valence-corrected chi connectivity index (χ2v) is 4.28. The van der Waals surface area contributed by atoms with Gasteiger partial charge in [0.05, 0.1) is 6.20 Å². The van der Waals surface area contributed by atoms with Crippen molar-refractivity contribution in [1.82, 2.24) is 4.98 Å². The van der Waals surface area contributed by atoms with Gasteiger partial charge in [0, 0.05) is 44.5 Å². The van der Waals surface area contributed by atoms with Crippen molar-refractivity contribution in [2.45, 2.75) is 5.66 Å². The van der Waals surface area contributed by atoms with Gasteiger partial charge in [0.1, 0.15) is 5.75 Å². The predicted octanol–water partition coefficient (Wildman–Crippen LogP) is 4.00. The Labute approximate surface area is 137 Å². The van der Waals surface area contributed by atoms with E-state index < -0.39 is 5.66 Å². The molecule has 2 aromatic rings. The molecule has 97 valence electrons.